The Balaban J connectivity index is 1.77. The van der Waals surface area contributed by atoms with Crippen LogP contribution in [0.3, 0.4) is 0 Å². The molecule has 0 unspecified atom stereocenters. The van der Waals surface area contributed by atoms with Gasteiger partial charge in [-0.2, -0.15) is 9.78 Å². The van der Waals surface area contributed by atoms with Crippen molar-refractivity contribution in [1.82, 2.24) is 24.3 Å². The van der Waals surface area contributed by atoms with Crippen LogP contribution < -0.4 is 5.56 Å². The molecule has 6 nitrogen and oxygen atoms in total. The second-order valence-electron chi connectivity index (χ2n) is 6.67. The number of aromatic nitrogens is 5. The van der Waals surface area contributed by atoms with Crippen molar-refractivity contribution in [2.45, 2.75) is 6.54 Å². The van der Waals surface area contributed by atoms with Gasteiger partial charge >= 0.3 is 0 Å². The molecule has 9 heteroatoms. The van der Waals surface area contributed by atoms with Crippen molar-refractivity contribution in [3.8, 4) is 16.9 Å². The van der Waals surface area contributed by atoms with Crippen LogP contribution in [-0.4, -0.2) is 24.3 Å². The fraction of sp³-hybridized carbons (Fsp3) is 0.0476. The Morgan fingerprint density at radius 2 is 1.77 bits per heavy atom. The smallest absolute Gasteiger partial charge is 0.282 e. The molecule has 0 saturated carbocycles. The summed E-state index contributed by atoms with van der Waals surface area (Å²) in [6.07, 6.45) is 6.43. The van der Waals surface area contributed by atoms with Crippen LogP contribution in [0.25, 0.3) is 27.8 Å². The van der Waals surface area contributed by atoms with E-state index in [9.17, 15) is 4.79 Å². The molecule has 2 aliphatic heterocycles. The van der Waals surface area contributed by atoms with Crippen molar-refractivity contribution in [3.05, 3.63) is 91.8 Å². The standard InChI is InChI=1S/C21H12BrCl2N5O/c22-12-5-6-13(26-7-12)10-28-11-15-19(14-3-1-2-4-18(14)28)27-29(21(15)30)20-16(23)8-25-9-17(20)24/h1-9,11H,10H2. The van der Waals surface area contributed by atoms with Crippen LogP contribution >= 0.6 is 39.1 Å². The van der Waals surface area contributed by atoms with Crippen molar-refractivity contribution < 1.29 is 0 Å². The minimum absolute atomic E-state index is 0.253. The maximum Gasteiger partial charge on any atom is 0.282 e. The minimum atomic E-state index is -0.303. The first-order valence-electron chi connectivity index (χ1n) is 8.93. The monoisotopic (exact) mass is 499 g/mol. The second-order valence-corrected chi connectivity index (χ2v) is 8.40. The van der Waals surface area contributed by atoms with E-state index in [2.05, 4.69) is 31.0 Å². The second kappa shape index (κ2) is 7.50. The fourth-order valence-electron chi connectivity index (χ4n) is 3.44. The highest BCUT2D eigenvalue weighted by Gasteiger charge is 2.23. The Kier molecular flexibility index (Phi) is 4.81. The zero-order valence-corrected chi connectivity index (χ0v) is 18.4. The Hall–Kier alpha value is -2.74. The Labute approximate surface area is 189 Å². The van der Waals surface area contributed by atoms with E-state index in [1.54, 1.807) is 12.4 Å². The number of pyridine rings is 3. The van der Waals surface area contributed by atoms with Gasteiger partial charge in [0.25, 0.3) is 5.56 Å². The highest BCUT2D eigenvalue weighted by Crippen LogP contribution is 2.31. The zero-order chi connectivity index (χ0) is 20.8. The lowest BCUT2D eigenvalue weighted by atomic mass is 10.1. The first-order valence-corrected chi connectivity index (χ1v) is 10.5. The van der Waals surface area contributed by atoms with Gasteiger partial charge in [0, 0.05) is 34.6 Å². The molecule has 1 aromatic carbocycles. The van der Waals surface area contributed by atoms with E-state index in [0.717, 1.165) is 21.1 Å². The molecule has 0 radical (unpaired) electrons. The molecule has 2 aromatic heterocycles. The molecule has 0 aliphatic carbocycles. The summed E-state index contributed by atoms with van der Waals surface area (Å²) < 4.78 is 4.15. The molecule has 0 atom stereocenters. The Morgan fingerprint density at radius 1 is 1.00 bits per heavy atom. The van der Waals surface area contributed by atoms with Crippen LogP contribution in [0.15, 0.2) is 70.5 Å². The summed E-state index contributed by atoms with van der Waals surface area (Å²) in [6, 6.07) is 11.7. The van der Waals surface area contributed by atoms with Gasteiger partial charge in [0.15, 0.2) is 0 Å². The molecule has 4 heterocycles. The van der Waals surface area contributed by atoms with Gasteiger partial charge in [0.2, 0.25) is 0 Å². The van der Waals surface area contributed by atoms with Gasteiger partial charge in [-0.05, 0) is 34.1 Å². The molecular weight excluding hydrogens is 489 g/mol. The maximum absolute atomic E-state index is 13.3. The molecule has 3 aromatic rings. The van der Waals surface area contributed by atoms with E-state index in [0.29, 0.717) is 23.5 Å². The molecule has 5 rings (SSSR count). The SMILES string of the molecule is O=c1c2cn(Cc3ccc(Br)cn3)c3ccccc3c-2nn1-c1c(Cl)cncc1Cl. The minimum Gasteiger partial charge on any atom is -0.341 e. The van der Waals surface area contributed by atoms with Crippen molar-refractivity contribution in [2.75, 3.05) is 0 Å². The van der Waals surface area contributed by atoms with Gasteiger partial charge in [-0.25, -0.2) is 0 Å². The normalized spacial score (nSPS) is 11.4. The van der Waals surface area contributed by atoms with Crippen LogP contribution in [-0.2, 0) is 6.54 Å². The van der Waals surface area contributed by atoms with Gasteiger partial charge in [-0.1, -0.05) is 41.4 Å². The first-order chi connectivity index (χ1) is 14.5. The summed E-state index contributed by atoms with van der Waals surface area (Å²) >= 11 is 15.9. The summed E-state index contributed by atoms with van der Waals surface area (Å²) in [5, 5.41) is 5.92. The Bertz CT molecular complexity index is 1410. The fourth-order valence-corrected chi connectivity index (χ4v) is 4.20. The van der Waals surface area contributed by atoms with Gasteiger partial charge < -0.3 is 4.57 Å². The van der Waals surface area contributed by atoms with Crippen LogP contribution in [0.5, 0.6) is 0 Å². The molecule has 0 saturated heterocycles. The van der Waals surface area contributed by atoms with Crippen molar-refractivity contribution >= 4 is 50.0 Å². The predicted octanol–water partition coefficient (Wildman–Crippen LogP) is 5.20. The molecule has 0 spiro atoms. The van der Waals surface area contributed by atoms with Gasteiger partial charge in [-0.3, -0.25) is 14.8 Å². The third-order valence-electron chi connectivity index (χ3n) is 4.79. The van der Waals surface area contributed by atoms with Crippen molar-refractivity contribution in [1.29, 1.82) is 0 Å². The molecule has 148 valence electrons. The number of para-hydroxylation sites is 1. The molecule has 0 fully saturated rings. The number of nitrogens with zero attached hydrogens (tertiary/aromatic N) is 5. The number of halogens is 3. The molecule has 0 bridgehead atoms. The number of benzene rings is 1. The van der Waals surface area contributed by atoms with Gasteiger partial charge in [0.05, 0.1) is 33.4 Å². The van der Waals surface area contributed by atoms with Gasteiger partial charge in [0.1, 0.15) is 11.4 Å². The lowest BCUT2D eigenvalue weighted by Crippen LogP contribution is -2.16. The molecular formula is C21H12BrCl2N5O. The number of fused-ring (bicyclic) bond motifs is 3. The average Bonchev–Trinajstić information content (AvgIpc) is 3.06. The van der Waals surface area contributed by atoms with Crippen molar-refractivity contribution in [3.63, 3.8) is 0 Å². The van der Waals surface area contributed by atoms with Crippen LogP contribution in [0.4, 0.5) is 0 Å². The van der Waals surface area contributed by atoms with Crippen LogP contribution in [0.1, 0.15) is 5.69 Å². The van der Waals surface area contributed by atoms with Crippen LogP contribution in [0, 0.1) is 0 Å². The average molecular weight is 501 g/mol. The van der Waals surface area contributed by atoms with E-state index in [1.807, 2.05) is 41.0 Å². The zero-order valence-electron chi connectivity index (χ0n) is 15.3. The number of rotatable bonds is 3. The van der Waals surface area contributed by atoms with E-state index < -0.39 is 0 Å². The molecule has 2 aliphatic rings. The summed E-state index contributed by atoms with van der Waals surface area (Å²) in [4.78, 5) is 21.7. The third-order valence-corrected chi connectivity index (χ3v) is 5.81. The maximum atomic E-state index is 13.3. The van der Waals surface area contributed by atoms with E-state index in [-0.39, 0.29) is 15.6 Å². The highest BCUT2D eigenvalue weighted by molar-refractivity contribution is 9.10. The van der Waals surface area contributed by atoms with E-state index in [4.69, 9.17) is 23.2 Å². The number of hydrogen-bond donors (Lipinski definition) is 0. The topological polar surface area (TPSA) is 65.6 Å². The third kappa shape index (κ3) is 3.19. The Morgan fingerprint density at radius 3 is 2.50 bits per heavy atom. The highest BCUT2D eigenvalue weighted by atomic mass is 79.9. The molecule has 0 amide bonds. The summed E-state index contributed by atoms with van der Waals surface area (Å²) in [5.41, 5.74) is 2.87. The quantitative estimate of drug-likeness (QED) is 0.341. The summed E-state index contributed by atoms with van der Waals surface area (Å²) in [7, 11) is 0. The molecule has 30 heavy (non-hydrogen) atoms. The first kappa shape index (κ1) is 19.2. The number of hydrogen-bond acceptors (Lipinski definition) is 4. The van der Waals surface area contributed by atoms with Gasteiger partial charge in [-0.15, -0.1) is 0 Å². The van der Waals surface area contributed by atoms with E-state index >= 15 is 0 Å². The van der Waals surface area contributed by atoms with Crippen molar-refractivity contribution in [2.24, 2.45) is 0 Å². The lowest BCUT2D eigenvalue weighted by molar-refractivity contribution is 0.799. The molecule has 0 N–H and O–H groups in total. The van der Waals surface area contributed by atoms with Crippen LogP contribution in [0.2, 0.25) is 10.0 Å². The summed E-state index contributed by atoms with van der Waals surface area (Å²) in [6.45, 7) is 0.505. The largest absolute Gasteiger partial charge is 0.341 e. The summed E-state index contributed by atoms with van der Waals surface area (Å²) in [5.74, 6) is 0. The predicted molar refractivity (Wildman–Crippen MR) is 121 cm³/mol. The van der Waals surface area contributed by atoms with E-state index in [1.165, 1.54) is 17.1 Å². The lowest BCUT2D eigenvalue weighted by Gasteiger charge is -2.13.